The largest absolute Gasteiger partial charge is 0.355 e. The van der Waals surface area contributed by atoms with Crippen molar-refractivity contribution in [1.82, 2.24) is 5.16 Å². The normalized spacial score (nSPS) is 10.5. The first-order valence-corrected chi connectivity index (χ1v) is 7.04. The van der Waals surface area contributed by atoms with Crippen molar-refractivity contribution in [3.05, 3.63) is 71.4 Å². The highest BCUT2D eigenvalue weighted by Gasteiger charge is 2.14. The molecule has 0 aliphatic heterocycles. The van der Waals surface area contributed by atoms with Crippen LogP contribution >= 0.6 is 0 Å². The van der Waals surface area contributed by atoms with Crippen LogP contribution in [0.25, 0.3) is 11.3 Å². The van der Waals surface area contributed by atoms with Crippen LogP contribution < -0.4 is 5.32 Å². The van der Waals surface area contributed by atoms with Crippen molar-refractivity contribution in [1.29, 1.82) is 0 Å². The number of benzene rings is 2. The van der Waals surface area contributed by atoms with Gasteiger partial charge < -0.3 is 9.84 Å². The van der Waals surface area contributed by atoms with Crippen molar-refractivity contribution < 1.29 is 9.32 Å². The third-order valence-electron chi connectivity index (χ3n) is 3.47. The molecule has 0 bridgehead atoms. The third kappa shape index (κ3) is 2.91. The number of amides is 1. The summed E-state index contributed by atoms with van der Waals surface area (Å²) in [5, 5.41) is 6.69. The van der Waals surface area contributed by atoms with E-state index in [1.54, 1.807) is 6.07 Å². The van der Waals surface area contributed by atoms with E-state index in [2.05, 4.69) is 10.5 Å². The maximum absolute atomic E-state index is 12.2. The number of carbonyl (C=O) groups excluding carboxylic acids is 1. The zero-order valence-corrected chi connectivity index (χ0v) is 12.5. The van der Waals surface area contributed by atoms with Gasteiger partial charge in [0.25, 0.3) is 5.91 Å². The number of aromatic nitrogens is 1. The van der Waals surface area contributed by atoms with Crippen LogP contribution in [0.2, 0.25) is 0 Å². The Labute approximate surface area is 128 Å². The van der Waals surface area contributed by atoms with Crippen molar-refractivity contribution in [2.75, 3.05) is 5.32 Å². The summed E-state index contributed by atoms with van der Waals surface area (Å²) < 4.78 is 5.27. The average molecular weight is 292 g/mol. The Balaban J connectivity index is 1.80. The lowest BCUT2D eigenvalue weighted by atomic mass is 10.1. The van der Waals surface area contributed by atoms with Gasteiger partial charge in [-0.3, -0.25) is 4.79 Å². The number of hydrogen-bond acceptors (Lipinski definition) is 3. The molecule has 1 N–H and O–H groups in total. The molecule has 3 aromatic rings. The Morgan fingerprint density at radius 2 is 1.77 bits per heavy atom. The zero-order chi connectivity index (χ0) is 15.5. The first kappa shape index (κ1) is 14.1. The number of rotatable bonds is 3. The van der Waals surface area contributed by atoms with E-state index < -0.39 is 0 Å². The molecule has 0 fully saturated rings. The minimum absolute atomic E-state index is 0.263. The molecule has 110 valence electrons. The number of anilines is 1. The van der Waals surface area contributed by atoms with Gasteiger partial charge in [0.15, 0.2) is 11.5 Å². The van der Waals surface area contributed by atoms with Crippen molar-refractivity contribution in [2.24, 2.45) is 0 Å². The average Bonchev–Trinajstić information content (AvgIpc) is 3.00. The van der Waals surface area contributed by atoms with Gasteiger partial charge >= 0.3 is 0 Å². The van der Waals surface area contributed by atoms with Crippen LogP contribution in [-0.4, -0.2) is 11.1 Å². The molecule has 0 atom stereocenters. The van der Waals surface area contributed by atoms with E-state index in [0.29, 0.717) is 5.76 Å². The molecule has 3 rings (SSSR count). The monoisotopic (exact) mass is 292 g/mol. The molecule has 1 aromatic heterocycles. The predicted molar refractivity (Wildman–Crippen MR) is 85.8 cm³/mol. The lowest BCUT2D eigenvalue weighted by molar-refractivity contribution is 0.101. The molecule has 0 saturated heterocycles. The SMILES string of the molecule is Cc1ccc(-c2cc(C(=O)Nc3ccccc3C)no2)cc1. The highest BCUT2D eigenvalue weighted by Crippen LogP contribution is 2.21. The van der Waals surface area contributed by atoms with Gasteiger partial charge in [0.1, 0.15) is 0 Å². The van der Waals surface area contributed by atoms with Crippen LogP contribution in [0.3, 0.4) is 0 Å². The summed E-state index contributed by atoms with van der Waals surface area (Å²) in [6, 6.07) is 17.1. The second-order valence-corrected chi connectivity index (χ2v) is 5.21. The van der Waals surface area contributed by atoms with Crippen LogP contribution in [0.15, 0.2) is 59.1 Å². The number of hydrogen-bond donors (Lipinski definition) is 1. The van der Waals surface area contributed by atoms with Crippen molar-refractivity contribution in [3.63, 3.8) is 0 Å². The van der Waals surface area contributed by atoms with Crippen LogP contribution in [0.1, 0.15) is 21.6 Å². The lowest BCUT2D eigenvalue weighted by Gasteiger charge is -2.05. The van der Waals surface area contributed by atoms with Gasteiger partial charge in [0.2, 0.25) is 0 Å². The van der Waals surface area contributed by atoms with Crippen LogP contribution in [-0.2, 0) is 0 Å². The molecule has 1 heterocycles. The molecule has 22 heavy (non-hydrogen) atoms. The van der Waals surface area contributed by atoms with Crippen LogP contribution in [0.5, 0.6) is 0 Å². The first-order chi connectivity index (χ1) is 10.6. The van der Waals surface area contributed by atoms with Gasteiger partial charge in [-0.05, 0) is 25.5 Å². The number of nitrogens with one attached hydrogen (secondary N) is 1. The number of aryl methyl sites for hydroxylation is 2. The Morgan fingerprint density at radius 1 is 1.05 bits per heavy atom. The van der Waals surface area contributed by atoms with Gasteiger partial charge in [0.05, 0.1) is 0 Å². The Morgan fingerprint density at radius 3 is 2.50 bits per heavy atom. The number of para-hydroxylation sites is 1. The second kappa shape index (κ2) is 5.85. The van der Waals surface area contributed by atoms with Crippen LogP contribution in [0, 0.1) is 13.8 Å². The Kier molecular flexibility index (Phi) is 3.74. The summed E-state index contributed by atoms with van der Waals surface area (Å²) in [7, 11) is 0. The zero-order valence-electron chi connectivity index (χ0n) is 12.5. The van der Waals surface area contributed by atoms with Gasteiger partial charge in [-0.2, -0.15) is 0 Å². The summed E-state index contributed by atoms with van der Waals surface area (Å²) in [6.45, 7) is 3.96. The standard InChI is InChI=1S/C18H16N2O2/c1-12-7-9-14(10-8-12)17-11-16(20-22-17)18(21)19-15-6-4-3-5-13(15)2/h3-11H,1-2H3,(H,19,21). The van der Waals surface area contributed by atoms with Crippen molar-refractivity contribution in [2.45, 2.75) is 13.8 Å². The molecule has 0 aliphatic carbocycles. The van der Waals surface area contributed by atoms with Crippen molar-refractivity contribution in [3.8, 4) is 11.3 Å². The molecule has 0 saturated carbocycles. The van der Waals surface area contributed by atoms with Gasteiger partial charge in [-0.1, -0.05) is 53.2 Å². The lowest BCUT2D eigenvalue weighted by Crippen LogP contribution is -2.12. The summed E-state index contributed by atoms with van der Waals surface area (Å²) >= 11 is 0. The maximum atomic E-state index is 12.2. The molecular weight excluding hydrogens is 276 g/mol. The highest BCUT2D eigenvalue weighted by atomic mass is 16.5. The van der Waals surface area contributed by atoms with E-state index in [1.807, 2.05) is 62.4 Å². The predicted octanol–water partition coefficient (Wildman–Crippen LogP) is 4.21. The molecule has 4 nitrogen and oxygen atoms in total. The Bertz CT molecular complexity index is 804. The molecular formula is C18H16N2O2. The molecule has 1 amide bonds. The van der Waals surface area contributed by atoms with E-state index in [1.165, 1.54) is 5.56 Å². The third-order valence-corrected chi connectivity index (χ3v) is 3.47. The molecule has 2 aromatic carbocycles. The molecule has 0 unspecified atom stereocenters. The molecule has 4 heteroatoms. The minimum atomic E-state index is -0.281. The molecule has 0 radical (unpaired) electrons. The number of carbonyl (C=O) groups is 1. The highest BCUT2D eigenvalue weighted by molar-refractivity contribution is 6.03. The fourth-order valence-electron chi connectivity index (χ4n) is 2.14. The van der Waals surface area contributed by atoms with Gasteiger partial charge in [-0.25, -0.2) is 0 Å². The minimum Gasteiger partial charge on any atom is -0.355 e. The molecule has 0 spiro atoms. The van der Waals surface area contributed by atoms with Crippen LogP contribution in [0.4, 0.5) is 5.69 Å². The van der Waals surface area contributed by atoms with E-state index in [-0.39, 0.29) is 11.6 Å². The van der Waals surface area contributed by atoms with E-state index in [4.69, 9.17) is 4.52 Å². The topological polar surface area (TPSA) is 55.1 Å². The smallest absolute Gasteiger partial charge is 0.277 e. The van der Waals surface area contributed by atoms with E-state index in [0.717, 1.165) is 16.8 Å². The fraction of sp³-hybridized carbons (Fsp3) is 0.111. The fourth-order valence-corrected chi connectivity index (χ4v) is 2.14. The van der Waals surface area contributed by atoms with Crippen molar-refractivity contribution >= 4 is 11.6 Å². The first-order valence-electron chi connectivity index (χ1n) is 7.04. The maximum Gasteiger partial charge on any atom is 0.277 e. The summed E-state index contributed by atoms with van der Waals surface area (Å²) in [6.07, 6.45) is 0. The number of nitrogens with zero attached hydrogens (tertiary/aromatic N) is 1. The van der Waals surface area contributed by atoms with Gasteiger partial charge in [-0.15, -0.1) is 0 Å². The summed E-state index contributed by atoms with van der Waals surface area (Å²) in [5.74, 6) is 0.298. The quantitative estimate of drug-likeness (QED) is 0.786. The van der Waals surface area contributed by atoms with E-state index >= 15 is 0 Å². The molecule has 0 aliphatic rings. The Hall–Kier alpha value is -2.88. The second-order valence-electron chi connectivity index (χ2n) is 5.21. The van der Waals surface area contributed by atoms with E-state index in [9.17, 15) is 4.79 Å². The van der Waals surface area contributed by atoms with Gasteiger partial charge in [0, 0.05) is 17.3 Å². The summed E-state index contributed by atoms with van der Waals surface area (Å²) in [5.41, 5.74) is 4.10. The summed E-state index contributed by atoms with van der Waals surface area (Å²) in [4.78, 5) is 12.2.